The summed E-state index contributed by atoms with van der Waals surface area (Å²) in [5.41, 5.74) is 0. The highest BCUT2D eigenvalue weighted by Crippen LogP contribution is 2.26. The highest BCUT2D eigenvalue weighted by atomic mass is 79.9. The van der Waals surface area contributed by atoms with Gasteiger partial charge in [-0.1, -0.05) is 27.5 Å². The summed E-state index contributed by atoms with van der Waals surface area (Å²) in [6.07, 6.45) is 1.45. The van der Waals surface area contributed by atoms with Crippen LogP contribution in [-0.2, 0) is 10.0 Å². The molecule has 1 aromatic heterocycles. The molecule has 0 fully saturated rings. The first-order chi connectivity index (χ1) is 7.99. The number of halogens is 2. The van der Waals surface area contributed by atoms with Gasteiger partial charge in [0.15, 0.2) is 0 Å². The number of nitrogens with one attached hydrogen (secondary N) is 2. The van der Waals surface area contributed by atoms with E-state index in [1.807, 2.05) is 0 Å². The van der Waals surface area contributed by atoms with E-state index >= 15 is 0 Å². The third-order valence-electron chi connectivity index (χ3n) is 1.93. The number of hydrogen-bond acceptors (Lipinski definition) is 3. The van der Waals surface area contributed by atoms with Gasteiger partial charge < -0.3 is 0 Å². The van der Waals surface area contributed by atoms with Gasteiger partial charge in [0.25, 0.3) is 10.0 Å². The van der Waals surface area contributed by atoms with Crippen LogP contribution in [0.25, 0.3) is 0 Å². The van der Waals surface area contributed by atoms with Crippen LogP contribution in [0.15, 0.2) is 39.8 Å². The number of H-pyrrole nitrogens is 1. The molecule has 5 nitrogen and oxygen atoms in total. The van der Waals surface area contributed by atoms with Crippen LogP contribution in [0.3, 0.4) is 0 Å². The Kier molecular flexibility index (Phi) is 3.41. The molecule has 0 radical (unpaired) electrons. The van der Waals surface area contributed by atoms with Gasteiger partial charge in [-0.05, 0) is 18.2 Å². The Labute approximate surface area is 111 Å². The van der Waals surface area contributed by atoms with Crippen LogP contribution in [0, 0.1) is 0 Å². The Morgan fingerprint density at radius 2 is 2.12 bits per heavy atom. The topological polar surface area (TPSA) is 74.8 Å². The molecule has 90 valence electrons. The lowest BCUT2D eigenvalue weighted by Gasteiger charge is -2.07. The number of aromatic amines is 1. The summed E-state index contributed by atoms with van der Waals surface area (Å²) in [7, 11) is -3.70. The van der Waals surface area contributed by atoms with Crippen molar-refractivity contribution in [3.8, 4) is 0 Å². The average Bonchev–Trinajstić information content (AvgIpc) is 2.68. The van der Waals surface area contributed by atoms with Crippen LogP contribution in [0.5, 0.6) is 0 Å². The van der Waals surface area contributed by atoms with Crippen LogP contribution in [0.2, 0.25) is 5.02 Å². The number of benzene rings is 1. The minimum absolute atomic E-state index is 0.0111. The highest BCUT2D eigenvalue weighted by molar-refractivity contribution is 9.10. The summed E-state index contributed by atoms with van der Waals surface area (Å²) in [6, 6.07) is 6.05. The number of aromatic nitrogens is 2. The molecule has 8 heteroatoms. The predicted octanol–water partition coefficient (Wildman–Crippen LogP) is 2.63. The third-order valence-corrected chi connectivity index (χ3v) is 4.27. The summed E-state index contributed by atoms with van der Waals surface area (Å²) in [4.78, 5) is 0.0111. The molecule has 2 aromatic rings. The predicted molar refractivity (Wildman–Crippen MR) is 68.5 cm³/mol. The van der Waals surface area contributed by atoms with Gasteiger partial charge in [0.05, 0.1) is 11.2 Å². The maximum absolute atomic E-state index is 12.0. The molecule has 0 bridgehead atoms. The lowest BCUT2D eigenvalue weighted by atomic mass is 10.4. The van der Waals surface area contributed by atoms with Crippen molar-refractivity contribution >= 4 is 43.4 Å². The molecule has 0 saturated carbocycles. The summed E-state index contributed by atoms with van der Waals surface area (Å²) in [5.74, 6) is 0.281. The van der Waals surface area contributed by atoms with Crippen LogP contribution in [0.1, 0.15) is 0 Å². The van der Waals surface area contributed by atoms with E-state index < -0.39 is 10.0 Å². The summed E-state index contributed by atoms with van der Waals surface area (Å²) in [6.45, 7) is 0. The fraction of sp³-hybridized carbons (Fsp3) is 0. The van der Waals surface area contributed by atoms with E-state index in [-0.39, 0.29) is 15.7 Å². The second kappa shape index (κ2) is 4.67. The number of anilines is 1. The first-order valence-electron chi connectivity index (χ1n) is 4.46. The average molecular weight is 337 g/mol. The van der Waals surface area contributed by atoms with E-state index in [4.69, 9.17) is 11.6 Å². The molecular weight excluding hydrogens is 330 g/mol. The Morgan fingerprint density at radius 3 is 2.71 bits per heavy atom. The molecule has 0 aliphatic heterocycles. The van der Waals surface area contributed by atoms with Crippen molar-refractivity contribution in [3.05, 3.63) is 40.0 Å². The fourth-order valence-corrected chi connectivity index (χ4v) is 3.26. The van der Waals surface area contributed by atoms with Gasteiger partial charge in [0.2, 0.25) is 0 Å². The molecule has 0 aliphatic rings. The summed E-state index contributed by atoms with van der Waals surface area (Å²) in [5, 5.41) is 6.29. The number of sulfonamides is 1. The Morgan fingerprint density at radius 1 is 1.35 bits per heavy atom. The van der Waals surface area contributed by atoms with Crippen molar-refractivity contribution in [3.63, 3.8) is 0 Å². The number of hydrogen-bond donors (Lipinski definition) is 2. The zero-order valence-electron chi connectivity index (χ0n) is 8.31. The van der Waals surface area contributed by atoms with Crippen molar-refractivity contribution in [2.45, 2.75) is 4.90 Å². The van der Waals surface area contributed by atoms with E-state index in [1.165, 1.54) is 24.4 Å². The maximum atomic E-state index is 12.0. The molecule has 0 unspecified atom stereocenters. The van der Waals surface area contributed by atoms with E-state index in [1.54, 1.807) is 6.07 Å². The first-order valence-corrected chi connectivity index (χ1v) is 7.12. The number of rotatable bonds is 3. The fourth-order valence-electron chi connectivity index (χ4n) is 1.21. The lowest BCUT2D eigenvalue weighted by Crippen LogP contribution is -2.13. The van der Waals surface area contributed by atoms with E-state index in [0.29, 0.717) is 4.47 Å². The Bertz CT molecular complexity index is 628. The van der Waals surface area contributed by atoms with Gasteiger partial charge in [0, 0.05) is 10.5 Å². The molecule has 0 amide bonds. The van der Waals surface area contributed by atoms with Gasteiger partial charge in [-0.15, -0.1) is 0 Å². The van der Waals surface area contributed by atoms with Crippen LogP contribution < -0.4 is 4.72 Å². The van der Waals surface area contributed by atoms with Crippen molar-refractivity contribution < 1.29 is 8.42 Å². The SMILES string of the molecule is O=S(=O)(Nc1ccn[nH]1)c1ccc(Br)cc1Cl. The first kappa shape index (κ1) is 12.4. The van der Waals surface area contributed by atoms with E-state index in [2.05, 4.69) is 30.8 Å². The smallest absolute Gasteiger partial charge is 0.264 e. The quantitative estimate of drug-likeness (QED) is 0.905. The van der Waals surface area contributed by atoms with Crippen LogP contribution in [0.4, 0.5) is 5.82 Å². The highest BCUT2D eigenvalue weighted by Gasteiger charge is 2.18. The van der Waals surface area contributed by atoms with E-state index in [9.17, 15) is 8.42 Å². The van der Waals surface area contributed by atoms with Crippen molar-refractivity contribution in [2.75, 3.05) is 4.72 Å². The Balaban J connectivity index is 2.38. The van der Waals surface area contributed by atoms with E-state index in [0.717, 1.165) is 0 Å². The molecule has 1 aromatic carbocycles. The molecule has 2 rings (SSSR count). The second-order valence-corrected chi connectivity index (χ2v) is 6.12. The van der Waals surface area contributed by atoms with Crippen molar-refractivity contribution in [1.29, 1.82) is 0 Å². The van der Waals surface area contributed by atoms with Crippen LogP contribution in [-0.4, -0.2) is 18.6 Å². The van der Waals surface area contributed by atoms with Crippen molar-refractivity contribution in [1.82, 2.24) is 10.2 Å². The van der Waals surface area contributed by atoms with Gasteiger partial charge in [-0.3, -0.25) is 9.82 Å². The van der Waals surface area contributed by atoms with Gasteiger partial charge in [0.1, 0.15) is 10.7 Å². The number of nitrogens with zero attached hydrogens (tertiary/aromatic N) is 1. The third kappa shape index (κ3) is 2.80. The normalized spacial score (nSPS) is 11.4. The lowest BCUT2D eigenvalue weighted by molar-refractivity contribution is 0.601. The monoisotopic (exact) mass is 335 g/mol. The standard InChI is InChI=1S/C9H7BrClN3O2S/c10-6-1-2-8(7(11)5-6)17(15,16)14-9-3-4-12-13-9/h1-5H,(H2,12,13,14). The zero-order valence-corrected chi connectivity index (χ0v) is 11.5. The minimum atomic E-state index is -3.70. The molecule has 0 saturated heterocycles. The maximum Gasteiger partial charge on any atom is 0.264 e. The summed E-state index contributed by atoms with van der Waals surface area (Å²) >= 11 is 9.09. The molecular formula is C9H7BrClN3O2S. The molecule has 0 atom stereocenters. The summed E-state index contributed by atoms with van der Waals surface area (Å²) < 4.78 is 27.0. The molecule has 0 aliphatic carbocycles. The van der Waals surface area contributed by atoms with Crippen LogP contribution >= 0.6 is 27.5 Å². The van der Waals surface area contributed by atoms with Crippen molar-refractivity contribution in [2.24, 2.45) is 0 Å². The largest absolute Gasteiger partial charge is 0.264 e. The zero-order chi connectivity index (χ0) is 12.5. The molecule has 0 spiro atoms. The van der Waals surface area contributed by atoms with Gasteiger partial charge >= 0.3 is 0 Å². The second-order valence-electron chi connectivity index (χ2n) is 3.15. The van der Waals surface area contributed by atoms with Gasteiger partial charge in [-0.25, -0.2) is 8.42 Å². The van der Waals surface area contributed by atoms with Gasteiger partial charge in [-0.2, -0.15) is 5.10 Å². The Hall–Kier alpha value is -1.05. The molecule has 2 N–H and O–H groups in total. The minimum Gasteiger partial charge on any atom is -0.264 e. The molecule has 1 heterocycles. The molecule has 17 heavy (non-hydrogen) atoms.